The van der Waals surface area contributed by atoms with Crippen molar-refractivity contribution < 1.29 is 77.0 Å². The molecule has 17 heteroatoms. The predicted octanol–water partition coefficient (Wildman–Crippen LogP) is 22.5. The summed E-state index contributed by atoms with van der Waals surface area (Å²) in [6.45, 7) is 81.1. The fourth-order valence-electron chi connectivity index (χ4n) is 12.9. The van der Waals surface area contributed by atoms with Gasteiger partial charge in [0.1, 0.15) is 18.2 Å². The van der Waals surface area contributed by atoms with E-state index >= 15 is 0 Å². The number of nitrogens with zero attached hydrogens (tertiary/aromatic N) is 1. The number of hydrogen-bond acceptors (Lipinski definition) is 16. The smallest absolute Gasteiger partial charge is 0.237 e. The molecule has 3 N–H and O–H groups in total. The molecule has 0 amide bonds. The molecule has 2 saturated carbocycles. The van der Waals surface area contributed by atoms with Gasteiger partial charge in [-0.15, -0.1) is 0 Å². The Bertz CT molecular complexity index is 1850. The molecule has 0 aromatic carbocycles. The minimum absolute atomic E-state index is 0.0738. The van der Waals surface area contributed by atoms with E-state index in [1.807, 2.05) is 27.7 Å². The highest BCUT2D eigenvalue weighted by molar-refractivity contribution is 5.79. The second-order valence-electron chi connectivity index (χ2n) is 35.8. The van der Waals surface area contributed by atoms with Gasteiger partial charge in [0.05, 0.1) is 112 Å². The standard InChI is InChI=1S/C12H24O2.C12H22O2.C11H22O2.C10H22O2.C9H17NO.C9H20O2.C9H20O.C8H18O2.C6H14O.C6H12O/c2*1-9(2)8-10(3)14-12-6-4-11(13)5-7-12;1-9(2)8-10(3)13-11-4-6-12-7-5-11;1-9(2)8-10(3)12-7-5-6-11-4;2*1-8(2)7-9(3)11-6-5-10-4;1-7(2)6-9(5)10-8(3)4;1-7(2)6-8(3)10-5-4-9;2*1-5(2)4-6(3)7/h9-13H,4-8H2,1-3H3;9-10,12H,4-8H2,1-3H3;9-11H,4-8H2,1-3H3;9-10H,5-8H2,1-4H3;8-9H,5-7H2,1-3H3;8-9H,5-7H2,1-4H3;7-9H,6H2,1-5H3;7-9H,4-6H2,1-3H3;5-7H,4H2,1-3H3;5H,4H2,1-3H3/t10-,11?,12?;3*10-;3*9-;8-;6-;/m111111111./s1. The highest BCUT2D eigenvalue weighted by Crippen LogP contribution is 2.25. The number of methoxy groups -OCH3 is 2. The summed E-state index contributed by atoms with van der Waals surface area (Å²) in [5.41, 5.74) is 0. The van der Waals surface area contributed by atoms with Crippen LogP contribution in [0.4, 0.5) is 0 Å². The Morgan fingerprint density at radius 3 is 1.03 bits per heavy atom. The van der Waals surface area contributed by atoms with E-state index in [2.05, 4.69) is 192 Å². The third-order valence-electron chi connectivity index (χ3n) is 16.7. The highest BCUT2D eigenvalue weighted by Gasteiger charge is 2.24. The van der Waals surface area contributed by atoms with Crippen molar-refractivity contribution in [1.29, 1.82) is 0 Å². The van der Waals surface area contributed by atoms with Crippen LogP contribution < -0.4 is 0 Å². The minimum atomic E-state index is -0.125. The van der Waals surface area contributed by atoms with E-state index in [4.69, 9.17) is 68.9 Å². The second-order valence-corrected chi connectivity index (χ2v) is 35.8. The number of aliphatic hydroxyl groups excluding tert-OH is 3. The van der Waals surface area contributed by atoms with Gasteiger partial charge in [0, 0.05) is 59.9 Å². The molecular weight excluding hydrogens is 1380 g/mol. The molecule has 0 aromatic heterocycles. The van der Waals surface area contributed by atoms with Crippen molar-refractivity contribution in [2.75, 3.05) is 80.2 Å². The summed E-state index contributed by atoms with van der Waals surface area (Å²) in [5, 5.41) is 26.5. The van der Waals surface area contributed by atoms with E-state index in [0.29, 0.717) is 147 Å². The molecule has 3 rings (SSSR count). The highest BCUT2D eigenvalue weighted by atomic mass is 16.5. The van der Waals surface area contributed by atoms with Gasteiger partial charge in [-0.25, -0.2) is 6.57 Å². The van der Waals surface area contributed by atoms with E-state index in [0.717, 1.165) is 179 Å². The summed E-state index contributed by atoms with van der Waals surface area (Å²) >= 11 is 0. The molecule has 0 unspecified atom stereocenters. The topological polar surface area (TPSA) is 201 Å². The van der Waals surface area contributed by atoms with Crippen LogP contribution in [-0.4, -0.2) is 193 Å². The van der Waals surface area contributed by atoms with Gasteiger partial charge >= 0.3 is 0 Å². The number of ether oxygens (including phenoxy) is 11. The Balaban J connectivity index is -0.000000214. The van der Waals surface area contributed by atoms with Crippen molar-refractivity contribution in [2.45, 2.75) is 442 Å². The average molecular weight is 1570 g/mol. The number of rotatable bonds is 43. The third kappa shape index (κ3) is 110. The van der Waals surface area contributed by atoms with Crippen LogP contribution in [0.25, 0.3) is 4.85 Å². The molecule has 0 radical (unpaired) electrons. The van der Waals surface area contributed by atoms with Crippen LogP contribution in [0.2, 0.25) is 0 Å². The first-order chi connectivity index (χ1) is 50.8. The number of hydrogen-bond donors (Lipinski definition) is 3. The van der Waals surface area contributed by atoms with Gasteiger partial charge < -0.3 is 77.1 Å². The zero-order valence-electron chi connectivity index (χ0n) is 78.4. The van der Waals surface area contributed by atoms with Crippen molar-refractivity contribution in [2.24, 2.45) is 59.2 Å². The van der Waals surface area contributed by atoms with Gasteiger partial charge in [0.25, 0.3) is 0 Å². The molecule has 17 nitrogen and oxygen atoms in total. The van der Waals surface area contributed by atoms with Gasteiger partial charge in [-0.3, -0.25) is 4.79 Å². The largest absolute Gasteiger partial charge is 0.394 e. The number of aliphatic hydroxyl groups is 3. The molecule has 2 aliphatic carbocycles. The number of carbonyl (C=O) groups is 2. The van der Waals surface area contributed by atoms with Crippen LogP contribution in [0.3, 0.4) is 0 Å². The fraction of sp³-hybridized carbons (Fsp3) is 0.967. The van der Waals surface area contributed by atoms with Crippen molar-refractivity contribution in [3.05, 3.63) is 11.4 Å². The van der Waals surface area contributed by atoms with Gasteiger partial charge in [-0.2, -0.15) is 0 Å². The molecule has 109 heavy (non-hydrogen) atoms. The maximum atomic E-state index is 11.0. The summed E-state index contributed by atoms with van der Waals surface area (Å²) in [6.07, 6.45) is 25.2. The summed E-state index contributed by atoms with van der Waals surface area (Å²) < 4.78 is 60.1. The Hall–Kier alpha value is -1.73. The Morgan fingerprint density at radius 2 is 0.734 bits per heavy atom. The van der Waals surface area contributed by atoms with Crippen LogP contribution >= 0.6 is 0 Å². The number of ketones is 2. The normalized spacial score (nSPS) is 17.8. The molecular formula is C92H191NO16. The van der Waals surface area contributed by atoms with E-state index in [-0.39, 0.29) is 30.7 Å². The van der Waals surface area contributed by atoms with Gasteiger partial charge in [-0.1, -0.05) is 138 Å². The molecule has 3 fully saturated rings. The Labute approximate surface area is 678 Å². The average Bonchev–Trinajstić information content (AvgIpc) is 0.923. The lowest BCUT2D eigenvalue weighted by molar-refractivity contribution is -0.124. The van der Waals surface area contributed by atoms with E-state index < -0.39 is 0 Å². The third-order valence-corrected chi connectivity index (χ3v) is 16.7. The van der Waals surface area contributed by atoms with Crippen molar-refractivity contribution >= 4 is 11.6 Å². The zero-order chi connectivity index (χ0) is 85.4. The first-order valence-corrected chi connectivity index (χ1v) is 43.7. The molecule has 660 valence electrons. The van der Waals surface area contributed by atoms with Crippen LogP contribution in [-0.2, 0) is 61.7 Å². The molecule has 1 aliphatic heterocycles. The predicted molar refractivity (Wildman–Crippen MR) is 462 cm³/mol. The summed E-state index contributed by atoms with van der Waals surface area (Å²) in [4.78, 5) is 24.5. The molecule has 9 atom stereocenters. The molecule has 3 aliphatic rings. The van der Waals surface area contributed by atoms with E-state index in [1.54, 1.807) is 21.1 Å². The number of Topliss-reactive ketones (excluding diaryl/α,β-unsaturated/α-hetero) is 2. The van der Waals surface area contributed by atoms with Crippen LogP contribution in [0.5, 0.6) is 0 Å². The maximum absolute atomic E-state index is 11.0. The van der Waals surface area contributed by atoms with Gasteiger partial charge in [0.2, 0.25) is 6.54 Å². The summed E-state index contributed by atoms with van der Waals surface area (Å²) in [6, 6.07) is 0. The summed E-state index contributed by atoms with van der Waals surface area (Å²) in [5.74, 6) is 7.51. The second kappa shape index (κ2) is 82.8. The van der Waals surface area contributed by atoms with E-state index in [1.165, 1.54) is 0 Å². The molecule has 1 heterocycles. The quantitative estimate of drug-likeness (QED) is 0.0384. The SMILES string of the molecule is CC(=O)CC(C)C.CC(C)C[C@@H](C)O.CC(C)C[C@@H](C)OC(C)C.CC(C)C[C@@H](C)OC1CCC(=O)CC1.CC(C)C[C@@H](C)OC1CCC(O)CC1.CC(C)C[C@@H](C)OC1CCOCC1.CC(C)C[C@@H](C)OCCO.COCCCO[C@H](C)CC(C)C.COCCO[C@H](C)CC(C)C.[C-]#[N+]CCO[C@H](C)CC(C)C. The lowest BCUT2D eigenvalue weighted by Gasteiger charge is -2.28. The van der Waals surface area contributed by atoms with Crippen molar-refractivity contribution in [3.8, 4) is 0 Å². The first kappa shape index (κ1) is 120. The summed E-state index contributed by atoms with van der Waals surface area (Å²) in [7, 11) is 3.41. The lowest BCUT2D eigenvalue weighted by Crippen LogP contribution is -2.28. The van der Waals surface area contributed by atoms with Gasteiger partial charge in [0.15, 0.2) is 0 Å². The zero-order valence-corrected chi connectivity index (χ0v) is 78.4. The van der Waals surface area contributed by atoms with Crippen molar-refractivity contribution in [1.82, 2.24) is 0 Å². The van der Waals surface area contributed by atoms with Crippen LogP contribution in [0, 0.1) is 65.8 Å². The minimum Gasteiger partial charge on any atom is -0.394 e. The number of carbonyl (C=O) groups excluding carboxylic acids is 2. The van der Waals surface area contributed by atoms with Gasteiger partial charge in [-0.05, 0) is 258 Å². The maximum Gasteiger partial charge on any atom is 0.237 e. The lowest BCUT2D eigenvalue weighted by atomic mass is 9.95. The monoisotopic (exact) mass is 1570 g/mol. The molecule has 0 aromatic rings. The molecule has 1 saturated heterocycles. The van der Waals surface area contributed by atoms with Crippen LogP contribution in [0.15, 0.2) is 0 Å². The Morgan fingerprint density at radius 1 is 0.413 bits per heavy atom. The first-order valence-electron chi connectivity index (χ1n) is 43.7. The van der Waals surface area contributed by atoms with E-state index in [9.17, 15) is 14.7 Å². The fourth-order valence-corrected chi connectivity index (χ4v) is 12.9. The molecule has 0 bridgehead atoms. The van der Waals surface area contributed by atoms with Crippen molar-refractivity contribution in [3.63, 3.8) is 0 Å². The van der Waals surface area contributed by atoms with Crippen LogP contribution in [0.1, 0.15) is 356 Å². The Kier molecular flexibility index (Phi) is 91.5. The molecule has 0 spiro atoms.